The number of nitriles is 1. The van der Waals surface area contributed by atoms with Crippen LogP contribution in [0.2, 0.25) is 0 Å². The van der Waals surface area contributed by atoms with E-state index >= 15 is 0 Å². The van der Waals surface area contributed by atoms with Crippen molar-refractivity contribution in [1.82, 2.24) is 0 Å². The minimum absolute atomic E-state index is 0.0436. The Morgan fingerprint density at radius 1 is 1.37 bits per heavy atom. The first-order valence-electron chi connectivity index (χ1n) is 6.17. The van der Waals surface area contributed by atoms with Gasteiger partial charge in [-0.2, -0.15) is 5.26 Å². The zero-order chi connectivity index (χ0) is 14.4. The van der Waals surface area contributed by atoms with E-state index in [-0.39, 0.29) is 16.6 Å². The fourth-order valence-corrected chi connectivity index (χ4v) is 2.41. The number of hydrogen-bond donors (Lipinski definition) is 0. The largest absolute Gasteiger partial charge is 0.364 e. The van der Waals surface area contributed by atoms with Crippen LogP contribution in [-0.2, 0) is 0 Å². The lowest BCUT2D eigenvalue weighted by Gasteiger charge is -2.62. The average Bonchev–Trinajstić information content (AvgIpc) is 2.35. The SMILES string of the molecule is CC1(C)CN(c2ccc([N+](=O)[O-])cc2C#N)C1(C)C. The van der Waals surface area contributed by atoms with Crippen LogP contribution in [0.3, 0.4) is 0 Å². The van der Waals surface area contributed by atoms with E-state index in [4.69, 9.17) is 0 Å². The molecule has 0 unspecified atom stereocenters. The van der Waals surface area contributed by atoms with Gasteiger partial charge in [-0.05, 0) is 19.9 Å². The van der Waals surface area contributed by atoms with Crippen molar-refractivity contribution in [3.05, 3.63) is 33.9 Å². The monoisotopic (exact) mass is 259 g/mol. The van der Waals surface area contributed by atoms with Gasteiger partial charge in [-0.25, -0.2) is 0 Å². The first kappa shape index (κ1) is 13.3. The van der Waals surface area contributed by atoms with Crippen LogP contribution in [0.15, 0.2) is 18.2 Å². The predicted molar refractivity (Wildman–Crippen MR) is 73.0 cm³/mol. The summed E-state index contributed by atoms with van der Waals surface area (Å²) in [7, 11) is 0. The molecule has 0 aliphatic carbocycles. The van der Waals surface area contributed by atoms with Crippen molar-refractivity contribution < 1.29 is 4.92 Å². The van der Waals surface area contributed by atoms with Crippen LogP contribution in [0.1, 0.15) is 33.3 Å². The summed E-state index contributed by atoms with van der Waals surface area (Å²) in [5, 5.41) is 19.9. The molecule has 0 atom stereocenters. The van der Waals surface area contributed by atoms with E-state index < -0.39 is 4.92 Å². The van der Waals surface area contributed by atoms with E-state index in [1.165, 1.54) is 12.1 Å². The van der Waals surface area contributed by atoms with Gasteiger partial charge in [0.15, 0.2) is 0 Å². The van der Waals surface area contributed by atoms with E-state index in [0.717, 1.165) is 12.2 Å². The first-order chi connectivity index (χ1) is 8.70. The van der Waals surface area contributed by atoms with Gasteiger partial charge in [0.1, 0.15) is 6.07 Å². The predicted octanol–water partition coefficient (Wildman–Crippen LogP) is 3.09. The highest BCUT2D eigenvalue weighted by atomic mass is 16.6. The van der Waals surface area contributed by atoms with Gasteiger partial charge in [-0.15, -0.1) is 0 Å². The van der Waals surface area contributed by atoms with Crippen molar-refractivity contribution in [3.63, 3.8) is 0 Å². The molecule has 2 rings (SSSR count). The molecule has 0 saturated carbocycles. The molecule has 5 nitrogen and oxygen atoms in total. The number of anilines is 1. The van der Waals surface area contributed by atoms with Crippen molar-refractivity contribution >= 4 is 11.4 Å². The summed E-state index contributed by atoms with van der Waals surface area (Å²) >= 11 is 0. The standard InChI is InChI=1S/C14H17N3O2/c1-13(2)9-16(14(13,3)4)12-6-5-11(17(18)19)7-10(12)8-15/h5-7H,9H2,1-4H3. The molecule has 1 aromatic rings. The highest BCUT2D eigenvalue weighted by molar-refractivity contribution is 5.66. The van der Waals surface area contributed by atoms with Gasteiger partial charge in [0.05, 0.1) is 16.2 Å². The van der Waals surface area contributed by atoms with E-state index in [2.05, 4.69) is 38.7 Å². The third kappa shape index (κ3) is 1.84. The molecule has 0 amide bonds. The summed E-state index contributed by atoms with van der Waals surface area (Å²) in [4.78, 5) is 12.4. The van der Waals surface area contributed by atoms with Crippen LogP contribution in [0.5, 0.6) is 0 Å². The van der Waals surface area contributed by atoms with Crippen molar-refractivity contribution in [2.45, 2.75) is 33.2 Å². The van der Waals surface area contributed by atoms with Gasteiger partial charge in [0.2, 0.25) is 0 Å². The fourth-order valence-electron chi connectivity index (χ4n) is 2.41. The second-order valence-corrected chi connectivity index (χ2v) is 6.10. The molecule has 1 heterocycles. The smallest absolute Gasteiger partial charge is 0.270 e. The molecule has 5 heteroatoms. The summed E-state index contributed by atoms with van der Waals surface area (Å²) in [6, 6.07) is 6.53. The van der Waals surface area contributed by atoms with Crippen molar-refractivity contribution in [2.75, 3.05) is 11.4 Å². The third-order valence-corrected chi connectivity index (χ3v) is 4.49. The summed E-state index contributed by atoms with van der Waals surface area (Å²) in [5.41, 5.74) is 1.17. The second-order valence-electron chi connectivity index (χ2n) is 6.10. The van der Waals surface area contributed by atoms with E-state index in [0.29, 0.717) is 5.56 Å². The van der Waals surface area contributed by atoms with Gasteiger partial charge >= 0.3 is 0 Å². The normalized spacial score (nSPS) is 19.4. The molecule has 0 bridgehead atoms. The summed E-state index contributed by atoms with van der Waals surface area (Å²) in [6.45, 7) is 9.45. The summed E-state index contributed by atoms with van der Waals surface area (Å²) in [6.07, 6.45) is 0. The minimum atomic E-state index is -0.476. The molecular weight excluding hydrogens is 242 g/mol. The van der Waals surface area contributed by atoms with Crippen molar-refractivity contribution in [1.29, 1.82) is 5.26 Å². The quantitative estimate of drug-likeness (QED) is 0.604. The molecule has 100 valence electrons. The van der Waals surface area contributed by atoms with Crippen LogP contribution < -0.4 is 4.90 Å². The molecule has 1 aliphatic rings. The van der Waals surface area contributed by atoms with Crippen LogP contribution in [0.25, 0.3) is 0 Å². The molecule has 0 aromatic heterocycles. The average molecular weight is 259 g/mol. The Morgan fingerprint density at radius 2 is 2.00 bits per heavy atom. The van der Waals surface area contributed by atoms with Crippen LogP contribution in [-0.4, -0.2) is 17.0 Å². The van der Waals surface area contributed by atoms with Crippen molar-refractivity contribution in [2.24, 2.45) is 5.41 Å². The fraction of sp³-hybridized carbons (Fsp3) is 0.500. The van der Waals surface area contributed by atoms with E-state index in [9.17, 15) is 15.4 Å². The molecule has 1 aromatic carbocycles. The number of nitro benzene ring substituents is 1. The number of nitrogens with zero attached hydrogens (tertiary/aromatic N) is 3. The molecule has 0 N–H and O–H groups in total. The Labute approximate surface area is 112 Å². The third-order valence-electron chi connectivity index (χ3n) is 4.49. The lowest BCUT2D eigenvalue weighted by Crippen LogP contribution is -2.69. The number of nitro groups is 1. The Hall–Kier alpha value is -2.09. The molecule has 0 radical (unpaired) electrons. The maximum absolute atomic E-state index is 10.7. The number of non-ortho nitro benzene ring substituents is 1. The Morgan fingerprint density at radius 3 is 2.42 bits per heavy atom. The Bertz CT molecular complexity index is 585. The van der Waals surface area contributed by atoms with E-state index in [1.807, 2.05) is 0 Å². The number of rotatable bonds is 2. The zero-order valence-electron chi connectivity index (χ0n) is 11.6. The zero-order valence-corrected chi connectivity index (χ0v) is 11.6. The molecule has 1 fully saturated rings. The molecule has 1 aliphatic heterocycles. The van der Waals surface area contributed by atoms with E-state index in [1.54, 1.807) is 6.07 Å². The lowest BCUT2D eigenvalue weighted by atomic mass is 9.65. The minimum Gasteiger partial charge on any atom is -0.364 e. The van der Waals surface area contributed by atoms with Crippen LogP contribution in [0.4, 0.5) is 11.4 Å². The molecular formula is C14H17N3O2. The maximum Gasteiger partial charge on any atom is 0.270 e. The summed E-state index contributed by atoms with van der Waals surface area (Å²) in [5.74, 6) is 0. The molecule has 0 spiro atoms. The number of hydrogen-bond acceptors (Lipinski definition) is 4. The molecule has 1 saturated heterocycles. The van der Waals surface area contributed by atoms with Gasteiger partial charge in [0, 0.05) is 29.6 Å². The first-order valence-corrected chi connectivity index (χ1v) is 6.17. The van der Waals surface area contributed by atoms with Crippen molar-refractivity contribution in [3.8, 4) is 6.07 Å². The number of benzene rings is 1. The second kappa shape index (κ2) is 3.95. The topological polar surface area (TPSA) is 70.2 Å². The Kier molecular flexibility index (Phi) is 2.78. The van der Waals surface area contributed by atoms with Gasteiger partial charge in [0.25, 0.3) is 5.69 Å². The van der Waals surface area contributed by atoms with Gasteiger partial charge in [-0.1, -0.05) is 13.8 Å². The molecule has 19 heavy (non-hydrogen) atoms. The summed E-state index contributed by atoms with van der Waals surface area (Å²) < 4.78 is 0. The van der Waals surface area contributed by atoms with Crippen LogP contribution >= 0.6 is 0 Å². The van der Waals surface area contributed by atoms with Gasteiger partial charge in [-0.3, -0.25) is 10.1 Å². The Balaban J connectivity index is 2.43. The van der Waals surface area contributed by atoms with Gasteiger partial charge < -0.3 is 4.90 Å². The highest BCUT2D eigenvalue weighted by Crippen LogP contribution is 2.49. The van der Waals surface area contributed by atoms with Crippen LogP contribution in [0, 0.1) is 26.9 Å². The maximum atomic E-state index is 10.7. The highest BCUT2D eigenvalue weighted by Gasteiger charge is 2.52. The lowest BCUT2D eigenvalue weighted by molar-refractivity contribution is -0.384.